The van der Waals surface area contributed by atoms with Crippen LogP contribution in [-0.2, 0) is 9.59 Å². The lowest BCUT2D eigenvalue weighted by Crippen LogP contribution is -2.34. The first-order valence-electron chi connectivity index (χ1n) is 5.21. The number of carbonyl (C=O) groups excluding carboxylic acids is 1. The fourth-order valence-electron chi connectivity index (χ4n) is 1.43. The summed E-state index contributed by atoms with van der Waals surface area (Å²) in [6, 6.07) is 0. The number of carboxylic acids is 1. The molecule has 0 aliphatic heterocycles. The molecule has 1 aliphatic rings. The molecule has 0 radical (unpaired) electrons. The summed E-state index contributed by atoms with van der Waals surface area (Å²) in [5.41, 5.74) is 0. The molecule has 0 aromatic carbocycles. The van der Waals surface area contributed by atoms with Crippen molar-refractivity contribution in [3.8, 4) is 0 Å². The summed E-state index contributed by atoms with van der Waals surface area (Å²) >= 11 is 0. The van der Waals surface area contributed by atoms with Gasteiger partial charge in [-0.2, -0.15) is 0 Å². The third kappa shape index (κ3) is 3.87. The smallest absolute Gasteiger partial charge is 0.332 e. The molecule has 0 heterocycles. The largest absolute Gasteiger partial charge is 0.479 e. The van der Waals surface area contributed by atoms with E-state index in [1.807, 2.05) is 6.92 Å². The van der Waals surface area contributed by atoms with E-state index in [1.165, 1.54) is 0 Å². The Balaban J connectivity index is 2.13. The van der Waals surface area contributed by atoms with Gasteiger partial charge in [-0.25, -0.2) is 4.79 Å². The summed E-state index contributed by atoms with van der Waals surface area (Å²) in [4.78, 5) is 21.7. The van der Waals surface area contributed by atoms with Crippen LogP contribution in [-0.4, -0.2) is 34.7 Å². The molecule has 3 N–H and O–H groups in total. The van der Waals surface area contributed by atoms with Crippen LogP contribution in [0.3, 0.4) is 0 Å². The molecule has 0 saturated heterocycles. The first-order valence-corrected chi connectivity index (χ1v) is 5.21. The maximum Gasteiger partial charge on any atom is 0.332 e. The van der Waals surface area contributed by atoms with E-state index in [0.29, 0.717) is 5.92 Å². The maximum atomic E-state index is 11.4. The summed E-state index contributed by atoms with van der Waals surface area (Å²) in [6.07, 6.45) is 0.874. The van der Waals surface area contributed by atoms with Gasteiger partial charge in [0.25, 0.3) is 0 Å². The third-order valence-electron chi connectivity index (χ3n) is 2.74. The minimum Gasteiger partial charge on any atom is -0.479 e. The van der Waals surface area contributed by atoms with Crippen molar-refractivity contribution in [1.29, 1.82) is 0 Å². The number of hydrogen-bond donors (Lipinski definition) is 3. The molecule has 0 bridgehead atoms. The van der Waals surface area contributed by atoms with Crippen LogP contribution in [0, 0.1) is 11.8 Å². The predicted molar refractivity (Wildman–Crippen MR) is 53.2 cm³/mol. The van der Waals surface area contributed by atoms with Crippen LogP contribution >= 0.6 is 0 Å². The van der Waals surface area contributed by atoms with E-state index in [4.69, 9.17) is 10.2 Å². The first kappa shape index (κ1) is 12.0. The van der Waals surface area contributed by atoms with Crippen LogP contribution in [0.25, 0.3) is 0 Å². The van der Waals surface area contributed by atoms with Crippen molar-refractivity contribution in [2.24, 2.45) is 11.8 Å². The Labute approximate surface area is 88.5 Å². The SMILES string of the molecule is CC(C(=O)NCC[C@H](O)C(=O)O)C1CC1. The highest BCUT2D eigenvalue weighted by atomic mass is 16.4. The van der Waals surface area contributed by atoms with Crippen molar-refractivity contribution in [1.82, 2.24) is 5.32 Å². The van der Waals surface area contributed by atoms with Gasteiger partial charge in [0.2, 0.25) is 5.91 Å². The van der Waals surface area contributed by atoms with Gasteiger partial charge < -0.3 is 15.5 Å². The fraction of sp³-hybridized carbons (Fsp3) is 0.800. The number of rotatable bonds is 6. The average molecular weight is 215 g/mol. The van der Waals surface area contributed by atoms with Crippen LogP contribution in [0.5, 0.6) is 0 Å². The lowest BCUT2D eigenvalue weighted by Gasteiger charge is -2.11. The van der Waals surface area contributed by atoms with E-state index in [1.54, 1.807) is 0 Å². The van der Waals surface area contributed by atoms with Gasteiger partial charge in [0.05, 0.1) is 0 Å². The molecule has 0 aromatic heterocycles. The van der Waals surface area contributed by atoms with Crippen LogP contribution in [0.2, 0.25) is 0 Å². The van der Waals surface area contributed by atoms with E-state index < -0.39 is 12.1 Å². The summed E-state index contributed by atoms with van der Waals surface area (Å²) in [5, 5.41) is 20.0. The second kappa shape index (κ2) is 5.11. The zero-order valence-electron chi connectivity index (χ0n) is 8.77. The van der Waals surface area contributed by atoms with Gasteiger partial charge in [-0.15, -0.1) is 0 Å². The molecule has 1 amide bonds. The minimum atomic E-state index is -1.39. The van der Waals surface area contributed by atoms with Gasteiger partial charge in [0.1, 0.15) is 0 Å². The highest BCUT2D eigenvalue weighted by molar-refractivity contribution is 5.79. The van der Waals surface area contributed by atoms with Crippen molar-refractivity contribution in [2.75, 3.05) is 6.54 Å². The van der Waals surface area contributed by atoms with Crippen molar-refractivity contribution >= 4 is 11.9 Å². The van der Waals surface area contributed by atoms with E-state index in [9.17, 15) is 9.59 Å². The van der Waals surface area contributed by atoms with Gasteiger partial charge in [-0.05, 0) is 18.8 Å². The molecule has 1 saturated carbocycles. The Kier molecular flexibility index (Phi) is 4.08. The number of carboxylic acid groups (broad SMARTS) is 1. The van der Waals surface area contributed by atoms with E-state index in [2.05, 4.69) is 5.32 Å². The third-order valence-corrected chi connectivity index (χ3v) is 2.74. The van der Waals surface area contributed by atoms with Crippen molar-refractivity contribution in [2.45, 2.75) is 32.3 Å². The molecule has 0 aromatic rings. The number of aliphatic carboxylic acids is 1. The average Bonchev–Trinajstić information content (AvgIpc) is 2.99. The lowest BCUT2D eigenvalue weighted by molar-refractivity contribution is -0.147. The standard InChI is InChI=1S/C10H17NO4/c1-6(7-2-3-7)9(13)11-5-4-8(12)10(14)15/h6-8,12H,2-5H2,1H3,(H,11,13)(H,14,15)/t6?,8-/m0/s1. The Bertz CT molecular complexity index is 250. The van der Waals surface area contributed by atoms with Crippen LogP contribution in [0.1, 0.15) is 26.2 Å². The molecule has 1 unspecified atom stereocenters. The zero-order valence-corrected chi connectivity index (χ0v) is 8.77. The number of nitrogens with one attached hydrogen (secondary N) is 1. The summed E-state index contributed by atoms with van der Waals surface area (Å²) in [7, 11) is 0. The zero-order chi connectivity index (χ0) is 11.4. The molecule has 1 aliphatic carbocycles. The van der Waals surface area contributed by atoms with Gasteiger partial charge >= 0.3 is 5.97 Å². The van der Waals surface area contributed by atoms with E-state index in [0.717, 1.165) is 12.8 Å². The normalized spacial score (nSPS) is 19.3. The minimum absolute atomic E-state index is 0.00645. The predicted octanol–water partition coefficient (Wildman–Crippen LogP) is -0.0157. The van der Waals surface area contributed by atoms with E-state index >= 15 is 0 Å². The molecule has 86 valence electrons. The molecule has 1 fully saturated rings. The molecule has 5 heteroatoms. The number of carbonyl (C=O) groups is 2. The monoisotopic (exact) mass is 215 g/mol. The van der Waals surface area contributed by atoms with Crippen LogP contribution in [0.15, 0.2) is 0 Å². The Morgan fingerprint density at radius 1 is 1.47 bits per heavy atom. The number of hydrogen-bond acceptors (Lipinski definition) is 3. The topological polar surface area (TPSA) is 86.6 Å². The molecule has 0 spiro atoms. The Morgan fingerprint density at radius 2 is 2.07 bits per heavy atom. The van der Waals surface area contributed by atoms with Gasteiger partial charge in [0.15, 0.2) is 6.10 Å². The highest BCUT2D eigenvalue weighted by Crippen LogP contribution is 2.36. The first-order chi connectivity index (χ1) is 7.02. The lowest BCUT2D eigenvalue weighted by atomic mass is 10.1. The number of aliphatic hydroxyl groups is 1. The second-order valence-corrected chi connectivity index (χ2v) is 4.06. The van der Waals surface area contributed by atoms with E-state index in [-0.39, 0.29) is 24.8 Å². The Morgan fingerprint density at radius 3 is 2.53 bits per heavy atom. The molecule has 1 rings (SSSR count). The van der Waals surface area contributed by atoms with Gasteiger partial charge in [0, 0.05) is 18.9 Å². The van der Waals surface area contributed by atoms with Crippen LogP contribution in [0.4, 0.5) is 0 Å². The Hall–Kier alpha value is -1.10. The summed E-state index contributed by atoms with van der Waals surface area (Å²) in [5.74, 6) is -0.795. The van der Waals surface area contributed by atoms with Gasteiger partial charge in [-0.1, -0.05) is 6.92 Å². The second-order valence-electron chi connectivity index (χ2n) is 4.06. The molecular formula is C10H17NO4. The van der Waals surface area contributed by atoms with Gasteiger partial charge in [-0.3, -0.25) is 4.79 Å². The molecule has 2 atom stereocenters. The number of amides is 1. The maximum absolute atomic E-state index is 11.4. The summed E-state index contributed by atoms with van der Waals surface area (Å²) < 4.78 is 0. The molecule has 15 heavy (non-hydrogen) atoms. The molecular weight excluding hydrogens is 198 g/mol. The van der Waals surface area contributed by atoms with Crippen molar-refractivity contribution in [3.05, 3.63) is 0 Å². The van der Waals surface area contributed by atoms with Crippen molar-refractivity contribution < 1.29 is 19.8 Å². The quantitative estimate of drug-likeness (QED) is 0.581. The molecule has 5 nitrogen and oxygen atoms in total. The number of aliphatic hydroxyl groups excluding tert-OH is 1. The van der Waals surface area contributed by atoms with Crippen molar-refractivity contribution in [3.63, 3.8) is 0 Å². The fourth-order valence-corrected chi connectivity index (χ4v) is 1.43. The summed E-state index contributed by atoms with van der Waals surface area (Å²) in [6.45, 7) is 2.09. The van der Waals surface area contributed by atoms with Crippen LogP contribution < -0.4 is 5.32 Å². The highest BCUT2D eigenvalue weighted by Gasteiger charge is 2.32.